The van der Waals surface area contributed by atoms with E-state index in [4.69, 9.17) is 16.3 Å². The Balaban J connectivity index is 2.32. The SMILES string of the molecule is Cc1nn(C)c(Cl)c1COCCCC(F)(F)F. The molecule has 3 nitrogen and oxygen atoms in total. The number of ether oxygens (including phenoxy) is 1. The fourth-order valence-electron chi connectivity index (χ4n) is 1.39. The van der Waals surface area contributed by atoms with Gasteiger partial charge in [0, 0.05) is 25.6 Å². The van der Waals surface area contributed by atoms with Crippen LogP contribution in [0.15, 0.2) is 0 Å². The van der Waals surface area contributed by atoms with Crippen molar-refractivity contribution in [3.63, 3.8) is 0 Å². The Labute approximate surface area is 103 Å². The topological polar surface area (TPSA) is 27.1 Å². The highest BCUT2D eigenvalue weighted by atomic mass is 35.5. The molecule has 1 heterocycles. The van der Waals surface area contributed by atoms with E-state index in [9.17, 15) is 13.2 Å². The molecule has 1 aromatic rings. The van der Waals surface area contributed by atoms with Gasteiger partial charge in [-0.1, -0.05) is 11.6 Å². The molecule has 0 atom stereocenters. The third-order valence-electron chi connectivity index (χ3n) is 2.27. The van der Waals surface area contributed by atoms with E-state index in [1.807, 2.05) is 0 Å². The lowest BCUT2D eigenvalue weighted by Gasteiger charge is -2.06. The number of nitrogens with zero attached hydrogens (tertiary/aromatic N) is 2. The van der Waals surface area contributed by atoms with Gasteiger partial charge in [-0.2, -0.15) is 18.3 Å². The molecule has 0 spiro atoms. The first-order chi connectivity index (χ1) is 7.81. The largest absolute Gasteiger partial charge is 0.389 e. The molecule has 0 unspecified atom stereocenters. The number of alkyl halides is 3. The zero-order chi connectivity index (χ0) is 13.1. The van der Waals surface area contributed by atoms with Crippen LogP contribution in [0.1, 0.15) is 24.1 Å². The van der Waals surface area contributed by atoms with Crippen LogP contribution in [0.25, 0.3) is 0 Å². The summed E-state index contributed by atoms with van der Waals surface area (Å²) >= 11 is 5.94. The third-order valence-corrected chi connectivity index (χ3v) is 2.74. The molecule has 17 heavy (non-hydrogen) atoms. The van der Waals surface area contributed by atoms with E-state index in [-0.39, 0.29) is 19.6 Å². The quantitative estimate of drug-likeness (QED) is 0.768. The maximum Gasteiger partial charge on any atom is 0.389 e. The predicted octanol–water partition coefficient (Wildman–Crippen LogP) is 3.24. The summed E-state index contributed by atoms with van der Waals surface area (Å²) in [6.07, 6.45) is -4.99. The maximum atomic E-state index is 11.8. The minimum atomic E-state index is -4.12. The summed E-state index contributed by atoms with van der Waals surface area (Å²) in [6, 6.07) is 0. The summed E-state index contributed by atoms with van der Waals surface area (Å²) in [5.74, 6) is 0. The summed E-state index contributed by atoms with van der Waals surface area (Å²) in [5, 5.41) is 4.53. The van der Waals surface area contributed by atoms with Crippen LogP contribution in [-0.2, 0) is 18.4 Å². The number of hydrogen-bond acceptors (Lipinski definition) is 2. The normalized spacial score (nSPS) is 12.1. The minimum Gasteiger partial charge on any atom is -0.377 e. The zero-order valence-corrected chi connectivity index (χ0v) is 10.4. The van der Waals surface area contributed by atoms with E-state index >= 15 is 0 Å². The van der Waals surface area contributed by atoms with Crippen molar-refractivity contribution in [2.75, 3.05) is 6.61 Å². The van der Waals surface area contributed by atoms with Crippen LogP contribution in [0, 0.1) is 6.92 Å². The molecule has 7 heteroatoms. The number of aryl methyl sites for hydroxylation is 2. The highest BCUT2D eigenvalue weighted by molar-refractivity contribution is 6.30. The van der Waals surface area contributed by atoms with Gasteiger partial charge >= 0.3 is 6.18 Å². The van der Waals surface area contributed by atoms with E-state index in [1.54, 1.807) is 14.0 Å². The average Bonchev–Trinajstić information content (AvgIpc) is 2.42. The Hall–Kier alpha value is -0.750. The van der Waals surface area contributed by atoms with Crippen molar-refractivity contribution in [3.05, 3.63) is 16.4 Å². The number of hydrogen-bond donors (Lipinski definition) is 0. The van der Waals surface area contributed by atoms with Crippen molar-refractivity contribution in [2.45, 2.75) is 32.5 Å². The van der Waals surface area contributed by atoms with Crippen molar-refractivity contribution in [1.29, 1.82) is 0 Å². The Morgan fingerprint density at radius 1 is 1.41 bits per heavy atom. The van der Waals surface area contributed by atoms with Crippen LogP contribution in [0.3, 0.4) is 0 Å². The van der Waals surface area contributed by atoms with Crippen molar-refractivity contribution >= 4 is 11.6 Å². The van der Waals surface area contributed by atoms with Crippen molar-refractivity contribution in [1.82, 2.24) is 9.78 Å². The molecule has 0 aliphatic heterocycles. The van der Waals surface area contributed by atoms with Crippen molar-refractivity contribution in [3.8, 4) is 0 Å². The molecule has 0 amide bonds. The standard InChI is InChI=1S/C10H14ClF3N2O/c1-7-8(9(11)16(2)15-7)6-17-5-3-4-10(12,13)14/h3-6H2,1-2H3. The molecule has 98 valence electrons. The predicted molar refractivity (Wildman–Crippen MR) is 57.9 cm³/mol. The molecule has 0 N–H and O–H groups in total. The highest BCUT2D eigenvalue weighted by Gasteiger charge is 2.26. The summed E-state index contributed by atoms with van der Waals surface area (Å²) in [4.78, 5) is 0. The highest BCUT2D eigenvalue weighted by Crippen LogP contribution is 2.22. The van der Waals surface area contributed by atoms with E-state index in [0.717, 1.165) is 11.3 Å². The van der Waals surface area contributed by atoms with E-state index in [2.05, 4.69) is 5.10 Å². The first-order valence-corrected chi connectivity index (χ1v) is 5.51. The van der Waals surface area contributed by atoms with Crippen molar-refractivity contribution < 1.29 is 17.9 Å². The lowest BCUT2D eigenvalue weighted by atomic mass is 10.3. The van der Waals surface area contributed by atoms with E-state index in [1.165, 1.54) is 4.68 Å². The van der Waals surface area contributed by atoms with Gasteiger partial charge in [-0.3, -0.25) is 4.68 Å². The molecule has 0 aliphatic rings. The van der Waals surface area contributed by atoms with E-state index in [0.29, 0.717) is 5.15 Å². The second-order valence-electron chi connectivity index (χ2n) is 3.75. The molecule has 1 rings (SSSR count). The third kappa shape index (κ3) is 4.55. The molecular weight excluding hydrogens is 257 g/mol. The van der Waals surface area contributed by atoms with Crippen LogP contribution in [0.2, 0.25) is 5.15 Å². The average molecular weight is 271 g/mol. The van der Waals surface area contributed by atoms with Gasteiger partial charge in [0.2, 0.25) is 0 Å². The van der Waals surface area contributed by atoms with Crippen LogP contribution >= 0.6 is 11.6 Å². The second-order valence-corrected chi connectivity index (χ2v) is 4.11. The van der Waals surface area contributed by atoms with Gasteiger partial charge in [0.05, 0.1) is 12.3 Å². The molecule has 0 aromatic carbocycles. The van der Waals surface area contributed by atoms with Crippen molar-refractivity contribution in [2.24, 2.45) is 7.05 Å². The molecule has 1 aromatic heterocycles. The van der Waals surface area contributed by atoms with Gasteiger partial charge in [-0.15, -0.1) is 0 Å². The van der Waals surface area contributed by atoms with Crippen LogP contribution < -0.4 is 0 Å². The molecular formula is C10H14ClF3N2O. The smallest absolute Gasteiger partial charge is 0.377 e. The van der Waals surface area contributed by atoms with Crippen LogP contribution in [-0.4, -0.2) is 22.6 Å². The Morgan fingerprint density at radius 3 is 2.53 bits per heavy atom. The van der Waals surface area contributed by atoms with Gasteiger partial charge in [-0.25, -0.2) is 0 Å². The van der Waals surface area contributed by atoms with Gasteiger partial charge in [-0.05, 0) is 13.3 Å². The minimum absolute atomic E-state index is 0.0412. The molecule has 0 bridgehead atoms. The van der Waals surface area contributed by atoms with E-state index < -0.39 is 12.6 Å². The Morgan fingerprint density at radius 2 is 2.06 bits per heavy atom. The first kappa shape index (κ1) is 14.3. The molecule has 0 aliphatic carbocycles. The number of rotatable bonds is 5. The van der Waals surface area contributed by atoms with Crippen LogP contribution in [0.4, 0.5) is 13.2 Å². The molecule has 0 saturated heterocycles. The zero-order valence-electron chi connectivity index (χ0n) is 9.64. The summed E-state index contributed by atoms with van der Waals surface area (Å²) in [5.41, 5.74) is 1.45. The molecule has 0 saturated carbocycles. The molecule has 0 fully saturated rings. The van der Waals surface area contributed by atoms with Gasteiger partial charge in [0.15, 0.2) is 0 Å². The number of halogens is 4. The fourth-order valence-corrected chi connectivity index (χ4v) is 1.62. The van der Waals surface area contributed by atoms with Gasteiger partial charge < -0.3 is 4.74 Å². The summed E-state index contributed by atoms with van der Waals surface area (Å²) in [7, 11) is 1.70. The summed E-state index contributed by atoms with van der Waals surface area (Å²) < 4.78 is 42.2. The number of aromatic nitrogens is 2. The fraction of sp³-hybridized carbons (Fsp3) is 0.700. The second kappa shape index (κ2) is 5.73. The Bertz CT molecular complexity index is 376. The molecule has 0 radical (unpaired) electrons. The van der Waals surface area contributed by atoms with Crippen LogP contribution in [0.5, 0.6) is 0 Å². The van der Waals surface area contributed by atoms with Gasteiger partial charge in [0.1, 0.15) is 5.15 Å². The lowest BCUT2D eigenvalue weighted by Crippen LogP contribution is -2.08. The maximum absolute atomic E-state index is 11.8. The summed E-state index contributed by atoms with van der Waals surface area (Å²) in [6.45, 7) is 2.03. The lowest BCUT2D eigenvalue weighted by molar-refractivity contribution is -0.138. The monoisotopic (exact) mass is 270 g/mol. The van der Waals surface area contributed by atoms with Gasteiger partial charge in [0.25, 0.3) is 0 Å². The first-order valence-electron chi connectivity index (χ1n) is 5.13. The Kier molecular flexibility index (Phi) is 4.82.